The minimum Gasteiger partial charge on any atom is -0.493 e. The Morgan fingerprint density at radius 1 is 1.09 bits per heavy atom. The van der Waals surface area contributed by atoms with E-state index in [0.29, 0.717) is 61.9 Å². The van der Waals surface area contributed by atoms with E-state index >= 15 is 0 Å². The molecule has 2 aliphatic heterocycles. The molecular formula is C47H61ClN4O6. The van der Waals surface area contributed by atoms with Gasteiger partial charge in [-0.15, -0.1) is 0 Å². The van der Waals surface area contributed by atoms with Crippen molar-refractivity contribution < 1.29 is 28.9 Å². The molecule has 1 aromatic heterocycles. The fraction of sp³-hybridized carbons (Fsp3) is 0.596. The van der Waals surface area contributed by atoms with Crippen LogP contribution in [0.5, 0.6) is 17.2 Å². The van der Waals surface area contributed by atoms with Gasteiger partial charge in [-0.05, 0) is 148 Å². The maximum atomic E-state index is 13.1. The molecule has 312 valence electrons. The van der Waals surface area contributed by atoms with E-state index in [1.807, 2.05) is 36.2 Å². The number of hydrogen-bond donors (Lipinski definition) is 2. The Morgan fingerprint density at radius 2 is 1.84 bits per heavy atom. The molecule has 5 aliphatic rings. The number of ether oxygens (including phenoxy) is 3. The summed E-state index contributed by atoms with van der Waals surface area (Å²) in [5.41, 5.74) is 4.44. The maximum absolute atomic E-state index is 13.1. The third-order valence-electron chi connectivity index (χ3n) is 14.1. The Bertz CT molecular complexity index is 1980. The first-order valence-electron chi connectivity index (χ1n) is 21.7. The van der Waals surface area contributed by atoms with Gasteiger partial charge in [0.2, 0.25) is 5.91 Å². The van der Waals surface area contributed by atoms with Crippen molar-refractivity contribution in [1.82, 2.24) is 14.8 Å². The van der Waals surface area contributed by atoms with Crippen molar-refractivity contribution in [3.05, 3.63) is 76.1 Å². The second-order valence-corrected chi connectivity index (χ2v) is 18.8. The summed E-state index contributed by atoms with van der Waals surface area (Å²) in [7, 11) is 2.13. The zero-order chi connectivity index (χ0) is 40.6. The second-order valence-electron chi connectivity index (χ2n) is 18.4. The summed E-state index contributed by atoms with van der Waals surface area (Å²) in [6, 6.07) is 13.9. The van der Waals surface area contributed by atoms with Crippen molar-refractivity contribution in [2.24, 2.45) is 23.7 Å². The van der Waals surface area contributed by atoms with E-state index in [1.165, 1.54) is 28.8 Å². The summed E-state index contributed by atoms with van der Waals surface area (Å²) in [6.45, 7) is 11.7. The molecule has 2 N–H and O–H groups in total. The van der Waals surface area contributed by atoms with Gasteiger partial charge in [0.25, 0.3) is 0 Å². The number of hydrogen-bond acceptors (Lipinski definition) is 8. The van der Waals surface area contributed by atoms with Crippen LogP contribution in [0.25, 0.3) is 0 Å². The van der Waals surface area contributed by atoms with Crippen LogP contribution in [0, 0.1) is 23.7 Å². The van der Waals surface area contributed by atoms with Crippen molar-refractivity contribution >= 4 is 29.2 Å². The number of carboxylic acids is 1. The Morgan fingerprint density at radius 3 is 2.57 bits per heavy atom. The van der Waals surface area contributed by atoms with Crippen LogP contribution in [0.3, 0.4) is 0 Å². The van der Waals surface area contributed by atoms with Crippen LogP contribution in [-0.2, 0) is 27.8 Å². The van der Waals surface area contributed by atoms with E-state index in [4.69, 9.17) is 25.8 Å². The predicted molar refractivity (Wildman–Crippen MR) is 226 cm³/mol. The lowest BCUT2D eigenvalue weighted by Gasteiger charge is -2.47. The van der Waals surface area contributed by atoms with Gasteiger partial charge in [0.05, 0.1) is 19.8 Å². The summed E-state index contributed by atoms with van der Waals surface area (Å²) >= 11 is 6.33. The number of benzene rings is 2. The highest BCUT2D eigenvalue weighted by Crippen LogP contribution is 2.58. The lowest BCUT2D eigenvalue weighted by atomic mass is 9.59. The number of aryl methyl sites for hydroxylation is 1. The normalized spacial score (nSPS) is 28.2. The van der Waals surface area contributed by atoms with Crippen LogP contribution in [-0.4, -0.2) is 90.4 Å². The Hall–Kier alpha value is -4.02. The van der Waals surface area contributed by atoms with Crippen LogP contribution in [0.15, 0.2) is 48.7 Å². The van der Waals surface area contributed by atoms with Gasteiger partial charge in [0.1, 0.15) is 11.3 Å². The number of pyridine rings is 1. The summed E-state index contributed by atoms with van der Waals surface area (Å²) in [5, 5.41) is 14.7. The molecule has 58 heavy (non-hydrogen) atoms. The number of nitrogens with zero attached hydrogens (tertiary/aromatic N) is 3. The van der Waals surface area contributed by atoms with Crippen LogP contribution >= 0.6 is 11.6 Å². The van der Waals surface area contributed by atoms with Crippen molar-refractivity contribution in [2.75, 3.05) is 58.4 Å². The molecule has 1 saturated carbocycles. The fourth-order valence-electron chi connectivity index (χ4n) is 11.1. The van der Waals surface area contributed by atoms with E-state index in [2.05, 4.69) is 48.2 Å². The molecule has 0 bridgehead atoms. The smallest absolute Gasteiger partial charge is 0.329 e. The Balaban J connectivity index is 1.00. The molecule has 3 aromatic rings. The molecule has 0 radical (unpaired) electrons. The molecule has 11 heteroatoms. The molecule has 8 rings (SSSR count). The number of aromatic nitrogens is 1. The summed E-state index contributed by atoms with van der Waals surface area (Å²) in [4.78, 5) is 34.4. The number of amides is 1. The van der Waals surface area contributed by atoms with Crippen molar-refractivity contribution in [1.29, 1.82) is 0 Å². The average Bonchev–Trinajstić information content (AvgIpc) is 3.61. The fourth-order valence-corrected chi connectivity index (χ4v) is 11.3. The standard InChI is InChI=1S/C47H61ClN4O6/c1-5-52-26-32(19-43(52)53)24-51(4)25-33-28-57-41-21-34-20-35(18-30(2)27-56-40-12-17-49-39-11-6-8-31(3)44(39)40)46(38(34)23-42(41)58-29-33)13-15-47(16-14-46,45(54)55)50-37-10-7-9-36(48)22-37/h7,9-10,12,17,21-23,30-33,35,50H,5-6,8,11,13-16,18-20,24-29H2,1-4H3,(H,54,55)/t30-,31-,32?,33?,35+,46?,47?/m1/s1. The number of rotatable bonds is 13. The first kappa shape index (κ1) is 40.7. The van der Waals surface area contributed by atoms with Crippen molar-refractivity contribution in [3.8, 4) is 17.2 Å². The van der Waals surface area contributed by atoms with E-state index < -0.39 is 11.5 Å². The number of carboxylic acid groups (broad SMARTS) is 1. The quantitative estimate of drug-likeness (QED) is 0.176. The topological polar surface area (TPSA) is 113 Å². The van der Waals surface area contributed by atoms with E-state index in [1.54, 1.807) is 12.1 Å². The molecule has 2 fully saturated rings. The van der Waals surface area contributed by atoms with Gasteiger partial charge in [-0.25, -0.2) is 4.79 Å². The molecule has 1 spiro atoms. The zero-order valence-corrected chi connectivity index (χ0v) is 35.5. The highest BCUT2D eigenvalue weighted by Gasteiger charge is 2.54. The molecule has 10 nitrogen and oxygen atoms in total. The third kappa shape index (κ3) is 8.25. The van der Waals surface area contributed by atoms with Crippen LogP contribution < -0.4 is 19.5 Å². The highest BCUT2D eigenvalue weighted by molar-refractivity contribution is 6.30. The molecule has 1 amide bonds. The molecule has 3 aliphatic carbocycles. The van der Waals surface area contributed by atoms with Crippen LogP contribution in [0.2, 0.25) is 5.02 Å². The number of carbonyl (C=O) groups is 2. The van der Waals surface area contributed by atoms with Crippen LogP contribution in [0.1, 0.15) is 100 Å². The van der Waals surface area contributed by atoms with Gasteiger partial charge >= 0.3 is 5.97 Å². The molecule has 2 aromatic carbocycles. The SMILES string of the molecule is CCN1CC(CN(C)CC2COc3cc4c(cc3OC2)C2(CCC(Nc3cccc(Cl)c3)(C(=O)O)CC2)[C@@H](C[C@@H](C)COc2ccnc3c2[C@H](C)CCC3)C4)CC1=O. The van der Waals surface area contributed by atoms with Gasteiger partial charge in [0, 0.05) is 66.7 Å². The molecule has 5 atom stereocenters. The molecule has 2 unspecified atom stereocenters. The first-order valence-corrected chi connectivity index (χ1v) is 22.1. The second kappa shape index (κ2) is 16.9. The van der Waals surface area contributed by atoms with Crippen molar-refractivity contribution in [3.63, 3.8) is 0 Å². The van der Waals surface area contributed by atoms with E-state index in [0.717, 1.165) is 87.6 Å². The monoisotopic (exact) mass is 812 g/mol. The number of nitrogens with one attached hydrogen (secondary N) is 1. The third-order valence-corrected chi connectivity index (χ3v) is 14.4. The molecule has 3 heterocycles. The van der Waals surface area contributed by atoms with Crippen LogP contribution in [0.4, 0.5) is 5.69 Å². The van der Waals surface area contributed by atoms with E-state index in [-0.39, 0.29) is 23.2 Å². The number of likely N-dealkylation sites (tertiary alicyclic amines) is 1. The van der Waals surface area contributed by atoms with Gasteiger partial charge in [-0.3, -0.25) is 9.78 Å². The minimum absolute atomic E-state index is 0.187. The lowest BCUT2D eigenvalue weighted by molar-refractivity contribution is -0.144. The summed E-state index contributed by atoms with van der Waals surface area (Å²) < 4.78 is 19.8. The highest BCUT2D eigenvalue weighted by atomic mass is 35.5. The maximum Gasteiger partial charge on any atom is 0.329 e. The largest absolute Gasteiger partial charge is 0.493 e. The Kier molecular flexibility index (Phi) is 11.9. The summed E-state index contributed by atoms with van der Waals surface area (Å²) in [6.07, 6.45) is 10.2. The van der Waals surface area contributed by atoms with E-state index in [9.17, 15) is 14.7 Å². The van der Waals surface area contributed by atoms with Gasteiger partial charge < -0.3 is 34.4 Å². The Labute approximate surface area is 349 Å². The zero-order valence-electron chi connectivity index (χ0n) is 34.7. The minimum atomic E-state index is -1.10. The van der Waals surface area contributed by atoms with Crippen molar-refractivity contribution in [2.45, 2.75) is 102 Å². The van der Waals surface area contributed by atoms with Gasteiger partial charge in [-0.1, -0.05) is 31.5 Å². The first-order chi connectivity index (χ1) is 27.9. The lowest BCUT2D eigenvalue weighted by Crippen LogP contribution is -2.53. The van der Waals surface area contributed by atoms with Gasteiger partial charge in [0.15, 0.2) is 11.5 Å². The van der Waals surface area contributed by atoms with Gasteiger partial charge in [-0.2, -0.15) is 0 Å². The number of fused-ring (bicyclic) bond motifs is 4. The summed E-state index contributed by atoms with van der Waals surface area (Å²) in [5.74, 6) is 3.56. The molecular weight excluding hydrogens is 752 g/mol. The average molecular weight is 813 g/mol. The number of halogens is 1. The molecule has 1 saturated heterocycles. The number of aliphatic carboxylic acids is 1. The number of anilines is 1. The number of carbonyl (C=O) groups excluding carboxylic acids is 1. The predicted octanol–water partition coefficient (Wildman–Crippen LogP) is 8.39.